The summed E-state index contributed by atoms with van der Waals surface area (Å²) in [5.74, 6) is -0.932. The fourth-order valence-electron chi connectivity index (χ4n) is 6.56. The number of allylic oxidation sites excluding steroid dienone is 5. The van der Waals surface area contributed by atoms with Gasteiger partial charge in [-0.15, -0.1) is 0 Å². The first-order valence-corrected chi connectivity index (χ1v) is 14.1. The van der Waals surface area contributed by atoms with Gasteiger partial charge in [-0.05, 0) is 91.2 Å². The molecule has 0 saturated carbocycles. The van der Waals surface area contributed by atoms with E-state index >= 15 is 0 Å². The fraction of sp³-hybridized carbons (Fsp3) is 0.105. The first-order chi connectivity index (χ1) is 21.0. The van der Waals surface area contributed by atoms with Crippen LogP contribution in [0, 0.1) is 0 Å². The molecule has 5 aromatic carbocycles. The lowest BCUT2D eigenvalue weighted by Crippen LogP contribution is -2.19. The molecule has 0 aromatic heterocycles. The Balaban J connectivity index is 1.53. The van der Waals surface area contributed by atoms with E-state index in [0.717, 1.165) is 39.5 Å². The van der Waals surface area contributed by atoms with Gasteiger partial charge in [-0.2, -0.15) is 26.3 Å². The van der Waals surface area contributed by atoms with Gasteiger partial charge in [0, 0.05) is 11.8 Å². The molecule has 6 heteroatoms. The van der Waals surface area contributed by atoms with Crippen molar-refractivity contribution in [1.29, 1.82) is 0 Å². The molecule has 0 radical (unpaired) electrons. The zero-order valence-corrected chi connectivity index (χ0v) is 23.2. The monoisotopic (exact) mass is 594 g/mol. The summed E-state index contributed by atoms with van der Waals surface area (Å²) in [6.45, 7) is 4.40. The van der Waals surface area contributed by atoms with Gasteiger partial charge in [0.2, 0.25) is 0 Å². The summed E-state index contributed by atoms with van der Waals surface area (Å²) in [6.07, 6.45) is -4.01. The molecule has 2 atom stereocenters. The predicted octanol–water partition coefficient (Wildman–Crippen LogP) is 11.3. The van der Waals surface area contributed by atoms with E-state index in [1.807, 2.05) is 91.0 Å². The number of hydrogen-bond donors (Lipinski definition) is 0. The molecule has 0 nitrogen and oxygen atoms in total. The molecule has 0 spiro atoms. The smallest absolute Gasteiger partial charge is 0.166 e. The Morgan fingerprint density at radius 3 is 1.89 bits per heavy atom. The molecular weight excluding hydrogens is 570 g/mol. The molecule has 3 aliphatic carbocycles. The van der Waals surface area contributed by atoms with E-state index in [-0.39, 0.29) is 16.8 Å². The minimum absolute atomic E-state index is 0.105. The number of alkyl halides is 6. The van der Waals surface area contributed by atoms with Crippen molar-refractivity contribution in [2.24, 2.45) is 0 Å². The summed E-state index contributed by atoms with van der Waals surface area (Å²) in [4.78, 5) is 0. The first-order valence-electron chi connectivity index (χ1n) is 14.1. The molecule has 44 heavy (non-hydrogen) atoms. The van der Waals surface area contributed by atoms with E-state index in [4.69, 9.17) is 0 Å². The van der Waals surface area contributed by atoms with Crippen LogP contribution in [0.1, 0.15) is 50.8 Å². The average molecular weight is 595 g/mol. The Kier molecular flexibility index (Phi) is 6.43. The Bertz CT molecular complexity index is 1990. The summed E-state index contributed by atoms with van der Waals surface area (Å²) in [6, 6.07) is 29.6. The third-order valence-corrected chi connectivity index (χ3v) is 8.56. The molecule has 0 heterocycles. The van der Waals surface area contributed by atoms with Gasteiger partial charge in [0.25, 0.3) is 0 Å². The molecule has 0 N–H and O–H groups in total. The molecule has 0 fully saturated rings. The lowest BCUT2D eigenvalue weighted by atomic mass is 9.69. The second-order valence-electron chi connectivity index (χ2n) is 11.2. The van der Waals surface area contributed by atoms with Crippen molar-refractivity contribution in [2.75, 3.05) is 0 Å². The van der Waals surface area contributed by atoms with Crippen molar-refractivity contribution in [3.63, 3.8) is 0 Å². The molecule has 3 aliphatic rings. The SMILES string of the molecule is C=C1/C=C(c2ccccc2)/C=C\C2c3cc(-c4ccccc4)ccc3C1c1cc3c(C(F)(F)F)cc(C(F)(F)F)cc3cc12. The molecule has 0 saturated heterocycles. The highest BCUT2D eigenvalue weighted by atomic mass is 19.4. The fourth-order valence-corrected chi connectivity index (χ4v) is 6.56. The van der Waals surface area contributed by atoms with E-state index in [1.165, 1.54) is 12.1 Å². The van der Waals surface area contributed by atoms with Gasteiger partial charge in [-0.3, -0.25) is 0 Å². The molecular formula is C38H24F6. The minimum atomic E-state index is -4.98. The van der Waals surface area contributed by atoms with E-state index in [1.54, 1.807) is 0 Å². The number of benzene rings is 5. The van der Waals surface area contributed by atoms with Crippen molar-refractivity contribution in [3.05, 3.63) is 172 Å². The summed E-state index contributed by atoms with van der Waals surface area (Å²) in [5, 5.41) is -0.368. The number of rotatable bonds is 2. The molecule has 8 rings (SSSR count). The second-order valence-corrected chi connectivity index (χ2v) is 11.2. The summed E-state index contributed by atoms with van der Waals surface area (Å²) in [7, 11) is 0. The van der Waals surface area contributed by atoms with Crippen LogP contribution in [0.3, 0.4) is 0 Å². The molecule has 0 aliphatic heterocycles. The molecule has 0 amide bonds. The number of halogens is 6. The van der Waals surface area contributed by atoms with E-state index in [0.29, 0.717) is 16.7 Å². The average Bonchev–Trinajstić information content (AvgIpc) is 3.10. The summed E-state index contributed by atoms with van der Waals surface area (Å²) in [5.41, 5.74) is 4.94. The van der Waals surface area contributed by atoms with Gasteiger partial charge in [0.1, 0.15) is 0 Å². The van der Waals surface area contributed by atoms with Crippen LogP contribution in [-0.2, 0) is 12.4 Å². The van der Waals surface area contributed by atoms with Crippen LogP contribution in [0.5, 0.6) is 0 Å². The van der Waals surface area contributed by atoms with Crippen LogP contribution >= 0.6 is 0 Å². The van der Waals surface area contributed by atoms with Crippen LogP contribution in [0.25, 0.3) is 27.5 Å². The quantitative estimate of drug-likeness (QED) is 0.178. The minimum Gasteiger partial charge on any atom is -0.166 e. The Morgan fingerprint density at radius 1 is 0.568 bits per heavy atom. The van der Waals surface area contributed by atoms with Crippen molar-refractivity contribution in [3.8, 4) is 11.1 Å². The maximum atomic E-state index is 14.3. The molecule has 2 bridgehead atoms. The maximum absolute atomic E-state index is 14.3. The first kappa shape index (κ1) is 28.0. The van der Waals surface area contributed by atoms with Gasteiger partial charge in [-0.25, -0.2) is 0 Å². The third-order valence-electron chi connectivity index (χ3n) is 8.56. The highest BCUT2D eigenvalue weighted by Gasteiger charge is 2.40. The van der Waals surface area contributed by atoms with Crippen molar-refractivity contribution >= 4 is 16.3 Å². The van der Waals surface area contributed by atoms with Gasteiger partial charge in [-0.1, -0.05) is 97.6 Å². The summed E-state index contributed by atoms with van der Waals surface area (Å²) >= 11 is 0. The van der Waals surface area contributed by atoms with E-state index < -0.39 is 35.3 Å². The lowest BCUT2D eigenvalue weighted by Gasteiger charge is -2.34. The van der Waals surface area contributed by atoms with Gasteiger partial charge in [0.05, 0.1) is 11.1 Å². The van der Waals surface area contributed by atoms with Gasteiger partial charge >= 0.3 is 12.4 Å². The lowest BCUT2D eigenvalue weighted by molar-refractivity contribution is -0.142. The van der Waals surface area contributed by atoms with E-state index in [2.05, 4.69) is 12.6 Å². The van der Waals surface area contributed by atoms with Crippen molar-refractivity contribution < 1.29 is 26.3 Å². The normalized spacial score (nSPS) is 19.8. The van der Waals surface area contributed by atoms with Crippen LogP contribution in [0.4, 0.5) is 26.3 Å². The largest absolute Gasteiger partial charge is 0.417 e. The maximum Gasteiger partial charge on any atom is 0.417 e. The highest BCUT2D eigenvalue weighted by molar-refractivity contribution is 5.91. The van der Waals surface area contributed by atoms with Crippen LogP contribution in [-0.4, -0.2) is 0 Å². The van der Waals surface area contributed by atoms with Crippen molar-refractivity contribution in [2.45, 2.75) is 24.2 Å². The van der Waals surface area contributed by atoms with E-state index in [9.17, 15) is 26.3 Å². The zero-order valence-electron chi connectivity index (χ0n) is 23.2. The molecule has 2 unspecified atom stereocenters. The van der Waals surface area contributed by atoms with Crippen LogP contribution < -0.4 is 0 Å². The standard InChI is InChI=1S/C38H24F6/c1-22-16-25(23-8-4-2-5-9-23)12-14-29-32-18-26(24-10-6-3-7-11-24)13-15-30(32)36(22)34-21-31-27(19-33(29)34)17-28(37(39,40)41)20-35(31)38(42,43)44/h2-21,29,36H,1H2/b14-12-,25-16-. The Morgan fingerprint density at radius 2 is 1.23 bits per heavy atom. The van der Waals surface area contributed by atoms with Crippen molar-refractivity contribution in [1.82, 2.24) is 0 Å². The van der Waals surface area contributed by atoms with Gasteiger partial charge < -0.3 is 0 Å². The topological polar surface area (TPSA) is 0 Å². The summed E-state index contributed by atoms with van der Waals surface area (Å²) < 4.78 is 84.2. The number of hydrogen-bond acceptors (Lipinski definition) is 0. The Hall–Kier alpha value is -4.84. The zero-order chi connectivity index (χ0) is 30.8. The Labute approximate surface area is 250 Å². The number of fused-ring (bicyclic) bond motifs is 3. The van der Waals surface area contributed by atoms with Crippen LogP contribution in [0.15, 0.2) is 134 Å². The second kappa shape index (κ2) is 10.1. The highest BCUT2D eigenvalue weighted by Crippen LogP contribution is 2.52. The third kappa shape index (κ3) is 4.75. The van der Waals surface area contributed by atoms with Gasteiger partial charge in [0.15, 0.2) is 0 Å². The molecule has 218 valence electrons. The molecule has 5 aromatic rings. The predicted molar refractivity (Wildman–Crippen MR) is 162 cm³/mol. The van der Waals surface area contributed by atoms with Crippen LogP contribution in [0.2, 0.25) is 0 Å².